The molecule has 0 saturated carbocycles. The molecule has 184 valence electrons. The fourth-order valence-electron chi connectivity index (χ4n) is 4.18. The van der Waals surface area contributed by atoms with Gasteiger partial charge in [0.1, 0.15) is 11.5 Å². The van der Waals surface area contributed by atoms with Crippen molar-refractivity contribution in [2.24, 2.45) is 0 Å². The molecule has 0 radical (unpaired) electrons. The van der Waals surface area contributed by atoms with E-state index in [1.807, 2.05) is 48.7 Å². The smallest absolute Gasteiger partial charge is 0.310 e. The van der Waals surface area contributed by atoms with E-state index in [0.29, 0.717) is 31.0 Å². The van der Waals surface area contributed by atoms with Crippen LogP contribution >= 0.6 is 15.9 Å². The summed E-state index contributed by atoms with van der Waals surface area (Å²) in [4.78, 5) is 11.9. The van der Waals surface area contributed by atoms with Crippen LogP contribution in [0.3, 0.4) is 0 Å². The van der Waals surface area contributed by atoms with Crippen molar-refractivity contribution in [2.75, 3.05) is 19.8 Å². The molecule has 0 atom stereocenters. The first-order valence-corrected chi connectivity index (χ1v) is 12.8. The number of fused-ring (bicyclic) bond motifs is 2. The molecule has 0 bridgehead atoms. The minimum atomic E-state index is -0.274. The van der Waals surface area contributed by atoms with E-state index >= 15 is 0 Å². The van der Waals surface area contributed by atoms with Crippen molar-refractivity contribution in [3.05, 3.63) is 58.7 Å². The molecule has 0 saturated heterocycles. The Morgan fingerprint density at radius 1 is 0.943 bits per heavy atom. The van der Waals surface area contributed by atoms with Crippen molar-refractivity contribution in [1.82, 2.24) is 4.57 Å². The molecule has 1 N–H and O–H groups in total. The molecule has 3 aromatic carbocycles. The first-order chi connectivity index (χ1) is 17.0. The van der Waals surface area contributed by atoms with Gasteiger partial charge in [-0.25, -0.2) is 0 Å². The van der Waals surface area contributed by atoms with Crippen LogP contribution in [0.2, 0.25) is 0 Å². The molecular formula is C28H30BrNO5. The molecule has 1 aromatic heterocycles. The molecule has 0 fully saturated rings. The van der Waals surface area contributed by atoms with Crippen LogP contribution in [0.5, 0.6) is 17.4 Å². The lowest BCUT2D eigenvalue weighted by Crippen LogP contribution is -2.07. The molecule has 0 aliphatic rings. The summed E-state index contributed by atoms with van der Waals surface area (Å²) in [7, 11) is 0. The molecule has 0 unspecified atom stereocenters. The molecule has 0 aliphatic heterocycles. The maximum absolute atomic E-state index is 11.9. The normalized spacial score (nSPS) is 11.2. The Morgan fingerprint density at radius 3 is 2.23 bits per heavy atom. The number of aromatic hydroxyl groups is 1. The summed E-state index contributed by atoms with van der Waals surface area (Å²) in [6.45, 7) is 7.35. The molecule has 0 amide bonds. The predicted octanol–water partition coefficient (Wildman–Crippen LogP) is 6.94. The Balaban J connectivity index is 1.91. The number of halogens is 1. The number of rotatable bonds is 10. The number of benzene rings is 3. The van der Waals surface area contributed by atoms with Gasteiger partial charge in [0.2, 0.25) is 5.88 Å². The largest absolute Gasteiger partial charge is 0.494 e. The third kappa shape index (κ3) is 4.96. The van der Waals surface area contributed by atoms with Crippen LogP contribution in [0.25, 0.3) is 27.2 Å². The Hall–Kier alpha value is -3.19. The minimum Gasteiger partial charge on any atom is -0.494 e. The zero-order valence-electron chi connectivity index (χ0n) is 20.3. The van der Waals surface area contributed by atoms with Crippen LogP contribution in [-0.2, 0) is 16.0 Å². The van der Waals surface area contributed by atoms with Crippen LogP contribution in [0, 0.1) is 0 Å². The topological polar surface area (TPSA) is 69.9 Å². The number of esters is 1. The minimum absolute atomic E-state index is 0.0667. The summed E-state index contributed by atoms with van der Waals surface area (Å²) >= 11 is 3.62. The number of carbonyl (C=O) groups is 1. The van der Waals surface area contributed by atoms with Crippen molar-refractivity contribution in [1.29, 1.82) is 0 Å². The molecule has 0 aliphatic carbocycles. The Labute approximate surface area is 213 Å². The van der Waals surface area contributed by atoms with E-state index in [-0.39, 0.29) is 18.3 Å². The second-order valence-corrected chi connectivity index (χ2v) is 9.13. The summed E-state index contributed by atoms with van der Waals surface area (Å²) in [6.07, 6.45) is 3.77. The zero-order valence-corrected chi connectivity index (χ0v) is 21.9. The third-order valence-corrected chi connectivity index (χ3v) is 6.33. The van der Waals surface area contributed by atoms with Crippen molar-refractivity contribution in [2.45, 2.75) is 40.0 Å². The van der Waals surface area contributed by atoms with E-state index in [1.165, 1.54) is 0 Å². The van der Waals surface area contributed by atoms with Crippen LogP contribution in [0.15, 0.2) is 53.1 Å². The highest BCUT2D eigenvalue weighted by molar-refractivity contribution is 9.10. The zero-order chi connectivity index (χ0) is 24.9. The molecule has 7 heteroatoms. The molecule has 0 spiro atoms. The van der Waals surface area contributed by atoms with E-state index in [2.05, 4.69) is 29.8 Å². The van der Waals surface area contributed by atoms with E-state index in [0.717, 1.165) is 50.5 Å². The van der Waals surface area contributed by atoms with Crippen LogP contribution in [0.4, 0.5) is 0 Å². The average molecular weight is 540 g/mol. The number of nitrogens with zero attached hydrogens (tertiary/aromatic N) is 1. The molecule has 6 nitrogen and oxygen atoms in total. The molecule has 4 aromatic rings. The van der Waals surface area contributed by atoms with Crippen molar-refractivity contribution < 1.29 is 24.1 Å². The van der Waals surface area contributed by atoms with Gasteiger partial charge in [0.25, 0.3) is 0 Å². The maximum Gasteiger partial charge on any atom is 0.310 e. The number of hydrogen-bond donors (Lipinski definition) is 1. The molecule has 1 heterocycles. The lowest BCUT2D eigenvalue weighted by atomic mass is 10.0. The van der Waals surface area contributed by atoms with Crippen LogP contribution < -0.4 is 9.47 Å². The highest BCUT2D eigenvalue weighted by Gasteiger charge is 2.24. The van der Waals surface area contributed by atoms with E-state index in [1.54, 1.807) is 11.5 Å². The third-order valence-electron chi connectivity index (χ3n) is 5.69. The van der Waals surface area contributed by atoms with Gasteiger partial charge in [-0.05, 0) is 53.4 Å². The maximum atomic E-state index is 11.9. The lowest BCUT2D eigenvalue weighted by molar-refractivity contribution is -0.142. The second kappa shape index (κ2) is 11.0. The second-order valence-electron chi connectivity index (χ2n) is 8.28. The molecule has 4 rings (SSSR count). The Bertz CT molecular complexity index is 1360. The van der Waals surface area contributed by atoms with Gasteiger partial charge < -0.3 is 19.3 Å². The van der Waals surface area contributed by atoms with Crippen molar-refractivity contribution in [3.8, 4) is 23.1 Å². The number of ether oxygens (including phenoxy) is 3. The highest BCUT2D eigenvalue weighted by Crippen LogP contribution is 2.48. The van der Waals surface area contributed by atoms with E-state index in [9.17, 15) is 9.90 Å². The summed E-state index contributed by atoms with van der Waals surface area (Å²) in [5.41, 5.74) is 1.55. The van der Waals surface area contributed by atoms with Gasteiger partial charge in [-0.15, -0.1) is 0 Å². The standard InChI is InChI=1S/C28H30BrNO5/c1-4-13-34-26-19-9-7-8-10-20(19)27(35-14-5-2)25-21(26)17-30(28(25)32)23-12-11-18(15-22(23)29)16-24(31)33-6-3/h7-12,15,17,32H,4-6,13-14,16H2,1-3H3. The number of aromatic nitrogens is 1. The monoisotopic (exact) mass is 539 g/mol. The van der Waals surface area contributed by atoms with E-state index in [4.69, 9.17) is 14.2 Å². The highest BCUT2D eigenvalue weighted by atomic mass is 79.9. The molecule has 35 heavy (non-hydrogen) atoms. The number of carbonyl (C=O) groups excluding carboxylic acids is 1. The Morgan fingerprint density at radius 2 is 1.60 bits per heavy atom. The van der Waals surface area contributed by atoms with Crippen LogP contribution in [0.1, 0.15) is 39.2 Å². The summed E-state index contributed by atoms with van der Waals surface area (Å²) < 4.78 is 19.9. The van der Waals surface area contributed by atoms with Gasteiger partial charge in [-0.2, -0.15) is 0 Å². The summed E-state index contributed by atoms with van der Waals surface area (Å²) in [5.74, 6) is 1.17. The van der Waals surface area contributed by atoms with Gasteiger partial charge in [0.15, 0.2) is 0 Å². The first-order valence-electron chi connectivity index (χ1n) is 12.0. The fraction of sp³-hybridized carbons (Fsp3) is 0.321. The lowest BCUT2D eigenvalue weighted by Gasteiger charge is -2.15. The summed E-state index contributed by atoms with van der Waals surface area (Å²) in [5, 5.41) is 14.7. The van der Waals surface area contributed by atoms with Crippen molar-refractivity contribution in [3.63, 3.8) is 0 Å². The summed E-state index contributed by atoms with van der Waals surface area (Å²) in [6, 6.07) is 13.6. The first kappa shape index (κ1) is 24.9. The van der Waals surface area contributed by atoms with Crippen LogP contribution in [-0.4, -0.2) is 35.5 Å². The van der Waals surface area contributed by atoms with Gasteiger partial charge in [0.05, 0.1) is 42.7 Å². The fourth-order valence-corrected chi connectivity index (χ4v) is 4.80. The van der Waals surface area contributed by atoms with Gasteiger partial charge in [0, 0.05) is 21.4 Å². The molecular weight excluding hydrogens is 510 g/mol. The SMILES string of the molecule is CCCOc1c2ccccc2c(OCCC)c2c(O)n(-c3ccc(CC(=O)OCC)cc3Br)cc12. The van der Waals surface area contributed by atoms with Gasteiger partial charge >= 0.3 is 5.97 Å². The van der Waals surface area contributed by atoms with Crippen molar-refractivity contribution >= 4 is 43.4 Å². The average Bonchev–Trinajstić information content (AvgIpc) is 3.18. The number of hydrogen-bond acceptors (Lipinski definition) is 5. The van der Waals surface area contributed by atoms with E-state index < -0.39 is 0 Å². The van der Waals surface area contributed by atoms with Gasteiger partial charge in [-0.3, -0.25) is 9.36 Å². The quantitative estimate of drug-likeness (QED) is 0.221. The van der Waals surface area contributed by atoms with Gasteiger partial charge in [-0.1, -0.05) is 44.2 Å². The Kier molecular flexibility index (Phi) is 7.86. The predicted molar refractivity (Wildman–Crippen MR) is 142 cm³/mol.